The van der Waals surface area contributed by atoms with Crippen molar-refractivity contribution in [2.45, 2.75) is 26.7 Å². The molecule has 1 aromatic rings. The van der Waals surface area contributed by atoms with Crippen LogP contribution in [-0.2, 0) is 12.8 Å². The van der Waals surface area contributed by atoms with E-state index in [2.05, 4.69) is 48.0 Å². The number of benzene rings is 1. The molecule has 0 atom stereocenters. The largest absolute Gasteiger partial charge is 0.198 e. The first-order chi connectivity index (χ1) is 6.19. The maximum Gasteiger partial charge on any atom is 0.0669 e. The molecule has 0 aliphatic rings. The molecule has 0 N–H and O–H groups in total. The van der Waals surface area contributed by atoms with E-state index in [4.69, 9.17) is 5.26 Å². The molecule has 0 heterocycles. The Labute approximate surface area is 87.5 Å². The van der Waals surface area contributed by atoms with Gasteiger partial charge in [-0.25, -0.2) is 0 Å². The van der Waals surface area contributed by atoms with Gasteiger partial charge in [0, 0.05) is 4.47 Å². The van der Waals surface area contributed by atoms with E-state index >= 15 is 0 Å². The Balaban J connectivity index is 3.23. The molecule has 0 radical (unpaired) electrons. The lowest BCUT2D eigenvalue weighted by Crippen LogP contribution is -1.95. The van der Waals surface area contributed by atoms with Crippen molar-refractivity contribution < 1.29 is 0 Å². The standard InChI is InChI=1S/C11H12BrN/c1-3-9-7-10(12)6-8(2)11(9)4-5-13/h6-7H,3-4H2,1-2H3. The van der Waals surface area contributed by atoms with Crippen LogP contribution in [0.4, 0.5) is 0 Å². The maximum atomic E-state index is 8.67. The van der Waals surface area contributed by atoms with Gasteiger partial charge in [-0.05, 0) is 42.2 Å². The van der Waals surface area contributed by atoms with Gasteiger partial charge in [-0.1, -0.05) is 22.9 Å². The lowest BCUT2D eigenvalue weighted by atomic mass is 9.98. The number of hydrogen-bond acceptors (Lipinski definition) is 1. The average molecular weight is 238 g/mol. The van der Waals surface area contributed by atoms with Gasteiger partial charge in [-0.15, -0.1) is 0 Å². The van der Waals surface area contributed by atoms with Crippen molar-refractivity contribution in [1.29, 1.82) is 5.26 Å². The third-order valence-electron chi connectivity index (χ3n) is 2.17. The van der Waals surface area contributed by atoms with Crippen molar-refractivity contribution in [2.24, 2.45) is 0 Å². The van der Waals surface area contributed by atoms with Crippen LogP contribution in [0.1, 0.15) is 23.6 Å². The minimum atomic E-state index is 0.516. The molecule has 0 saturated carbocycles. The summed E-state index contributed by atoms with van der Waals surface area (Å²) in [6.07, 6.45) is 1.50. The highest BCUT2D eigenvalue weighted by molar-refractivity contribution is 9.10. The molecule has 0 fully saturated rings. The summed E-state index contributed by atoms with van der Waals surface area (Å²) in [5.74, 6) is 0. The summed E-state index contributed by atoms with van der Waals surface area (Å²) in [4.78, 5) is 0. The Morgan fingerprint density at radius 1 is 1.46 bits per heavy atom. The lowest BCUT2D eigenvalue weighted by molar-refractivity contribution is 1.06. The van der Waals surface area contributed by atoms with Crippen molar-refractivity contribution in [3.8, 4) is 6.07 Å². The monoisotopic (exact) mass is 237 g/mol. The Bertz CT molecular complexity index is 350. The van der Waals surface area contributed by atoms with Gasteiger partial charge in [0.25, 0.3) is 0 Å². The van der Waals surface area contributed by atoms with Gasteiger partial charge < -0.3 is 0 Å². The normalized spacial score (nSPS) is 9.69. The van der Waals surface area contributed by atoms with E-state index in [9.17, 15) is 0 Å². The van der Waals surface area contributed by atoms with Crippen LogP contribution in [0.25, 0.3) is 0 Å². The van der Waals surface area contributed by atoms with Gasteiger partial charge in [0.1, 0.15) is 0 Å². The van der Waals surface area contributed by atoms with E-state index in [1.807, 2.05) is 0 Å². The van der Waals surface area contributed by atoms with Crippen molar-refractivity contribution >= 4 is 15.9 Å². The lowest BCUT2D eigenvalue weighted by Gasteiger charge is -2.08. The van der Waals surface area contributed by atoms with Crippen LogP contribution in [0.2, 0.25) is 0 Å². The third kappa shape index (κ3) is 2.32. The number of aryl methyl sites for hydroxylation is 2. The SMILES string of the molecule is CCc1cc(Br)cc(C)c1CC#N. The minimum absolute atomic E-state index is 0.516. The van der Waals surface area contributed by atoms with E-state index in [1.54, 1.807) is 0 Å². The predicted molar refractivity (Wildman–Crippen MR) is 57.6 cm³/mol. The molecule has 68 valence electrons. The molecule has 0 aliphatic carbocycles. The highest BCUT2D eigenvalue weighted by Gasteiger charge is 2.05. The topological polar surface area (TPSA) is 23.8 Å². The molecule has 0 amide bonds. The molecule has 0 aromatic heterocycles. The number of halogens is 1. The fourth-order valence-corrected chi connectivity index (χ4v) is 2.11. The molecule has 0 aliphatic heterocycles. The number of hydrogen-bond donors (Lipinski definition) is 0. The second-order valence-electron chi connectivity index (χ2n) is 3.05. The van der Waals surface area contributed by atoms with Crippen LogP contribution in [0.3, 0.4) is 0 Å². The summed E-state index contributed by atoms with van der Waals surface area (Å²) in [6.45, 7) is 4.17. The molecule has 2 heteroatoms. The first-order valence-corrected chi connectivity index (χ1v) is 5.13. The smallest absolute Gasteiger partial charge is 0.0669 e. The summed E-state index contributed by atoms with van der Waals surface area (Å²) in [5, 5.41) is 8.67. The average Bonchev–Trinajstić information content (AvgIpc) is 2.09. The Kier molecular flexibility index (Phi) is 3.50. The summed E-state index contributed by atoms with van der Waals surface area (Å²) >= 11 is 3.46. The molecular weight excluding hydrogens is 226 g/mol. The molecule has 0 bridgehead atoms. The second kappa shape index (κ2) is 4.43. The van der Waals surface area contributed by atoms with Crippen LogP contribution >= 0.6 is 15.9 Å². The first-order valence-electron chi connectivity index (χ1n) is 4.34. The molecule has 0 saturated heterocycles. The fraction of sp³-hybridized carbons (Fsp3) is 0.364. The quantitative estimate of drug-likeness (QED) is 0.774. The Morgan fingerprint density at radius 2 is 2.15 bits per heavy atom. The van der Waals surface area contributed by atoms with E-state index in [0.29, 0.717) is 6.42 Å². The number of rotatable bonds is 2. The summed E-state index contributed by atoms with van der Waals surface area (Å²) < 4.78 is 1.10. The van der Waals surface area contributed by atoms with Gasteiger partial charge in [-0.2, -0.15) is 5.26 Å². The summed E-state index contributed by atoms with van der Waals surface area (Å²) in [7, 11) is 0. The van der Waals surface area contributed by atoms with Gasteiger partial charge in [0.2, 0.25) is 0 Å². The number of nitriles is 1. The molecule has 1 aromatic carbocycles. The van der Waals surface area contributed by atoms with E-state index in [0.717, 1.165) is 10.9 Å². The highest BCUT2D eigenvalue weighted by atomic mass is 79.9. The zero-order chi connectivity index (χ0) is 9.84. The Morgan fingerprint density at radius 3 is 2.69 bits per heavy atom. The van der Waals surface area contributed by atoms with Crippen LogP contribution in [-0.4, -0.2) is 0 Å². The maximum absolute atomic E-state index is 8.67. The molecule has 1 rings (SSSR count). The molecule has 0 spiro atoms. The number of nitrogens with zero attached hydrogens (tertiary/aromatic N) is 1. The highest BCUT2D eigenvalue weighted by Crippen LogP contribution is 2.21. The van der Waals surface area contributed by atoms with E-state index in [-0.39, 0.29) is 0 Å². The van der Waals surface area contributed by atoms with Crippen LogP contribution in [0.15, 0.2) is 16.6 Å². The van der Waals surface area contributed by atoms with Crippen LogP contribution in [0, 0.1) is 18.3 Å². The predicted octanol–water partition coefficient (Wildman–Crippen LogP) is 3.39. The van der Waals surface area contributed by atoms with Crippen LogP contribution < -0.4 is 0 Å². The van der Waals surface area contributed by atoms with Crippen molar-refractivity contribution in [3.63, 3.8) is 0 Å². The zero-order valence-corrected chi connectivity index (χ0v) is 9.48. The van der Waals surface area contributed by atoms with Crippen molar-refractivity contribution in [1.82, 2.24) is 0 Å². The first kappa shape index (κ1) is 10.3. The molecule has 0 unspecified atom stereocenters. The van der Waals surface area contributed by atoms with E-state index in [1.165, 1.54) is 16.7 Å². The molecule has 1 nitrogen and oxygen atoms in total. The second-order valence-corrected chi connectivity index (χ2v) is 3.96. The minimum Gasteiger partial charge on any atom is -0.198 e. The van der Waals surface area contributed by atoms with Crippen molar-refractivity contribution in [3.05, 3.63) is 33.3 Å². The third-order valence-corrected chi connectivity index (χ3v) is 2.62. The van der Waals surface area contributed by atoms with Gasteiger partial charge in [0.05, 0.1) is 12.5 Å². The van der Waals surface area contributed by atoms with Crippen LogP contribution in [0.5, 0.6) is 0 Å². The van der Waals surface area contributed by atoms with E-state index < -0.39 is 0 Å². The van der Waals surface area contributed by atoms with Gasteiger partial charge in [-0.3, -0.25) is 0 Å². The zero-order valence-electron chi connectivity index (χ0n) is 7.89. The van der Waals surface area contributed by atoms with Gasteiger partial charge >= 0.3 is 0 Å². The Hall–Kier alpha value is -0.810. The molecule has 13 heavy (non-hydrogen) atoms. The van der Waals surface area contributed by atoms with Crippen molar-refractivity contribution in [2.75, 3.05) is 0 Å². The fourth-order valence-electron chi connectivity index (χ4n) is 1.49. The van der Waals surface area contributed by atoms with Gasteiger partial charge in [0.15, 0.2) is 0 Å². The summed E-state index contributed by atoms with van der Waals surface area (Å²) in [6, 6.07) is 6.36. The summed E-state index contributed by atoms with van der Waals surface area (Å²) in [5.41, 5.74) is 3.66. The molecular formula is C11H12BrN.